The number of carboxylic acids is 1. The minimum absolute atomic E-state index is 0.00598. The Hall–Kier alpha value is -2.11. The number of amides is 3. The molecule has 3 rings (SSSR count). The molecule has 0 aromatic carbocycles. The molecule has 0 spiro atoms. The van der Waals surface area contributed by atoms with E-state index in [1.807, 2.05) is 6.92 Å². The number of hydrogen-bond donors (Lipinski definition) is 4. The lowest BCUT2D eigenvalue weighted by atomic mass is 9.78. The molecule has 2 saturated heterocycles. The molecule has 0 aromatic heterocycles. The van der Waals surface area contributed by atoms with Crippen LogP contribution in [0, 0.1) is 11.8 Å². The van der Waals surface area contributed by atoms with Crippen LogP contribution in [0.15, 0.2) is 10.6 Å². The second-order valence-electron chi connectivity index (χ2n) is 8.26. The third-order valence-corrected chi connectivity index (χ3v) is 7.54. The highest BCUT2D eigenvalue weighted by molar-refractivity contribution is 8.03. The monoisotopic (exact) mass is 439 g/mol. The van der Waals surface area contributed by atoms with Crippen molar-refractivity contribution in [2.24, 2.45) is 17.6 Å². The molecule has 2 fully saturated rings. The van der Waals surface area contributed by atoms with Crippen molar-refractivity contribution in [1.29, 1.82) is 0 Å². The van der Waals surface area contributed by atoms with Gasteiger partial charge in [0.15, 0.2) is 0 Å². The largest absolute Gasteiger partial charge is 0.477 e. The summed E-state index contributed by atoms with van der Waals surface area (Å²) in [7, 11) is 3.41. The maximum Gasteiger partial charge on any atom is 0.353 e. The Morgan fingerprint density at radius 3 is 2.63 bits per heavy atom. The molecule has 10 nitrogen and oxygen atoms in total. The van der Waals surface area contributed by atoms with Gasteiger partial charge in [-0.15, -0.1) is 11.8 Å². The summed E-state index contributed by atoms with van der Waals surface area (Å²) in [5, 5.41) is 15.8. The molecular weight excluding hydrogens is 410 g/mol. The first kappa shape index (κ1) is 22.6. The van der Waals surface area contributed by atoms with E-state index >= 15 is 0 Å². The van der Waals surface area contributed by atoms with Crippen LogP contribution in [0.5, 0.6) is 0 Å². The van der Waals surface area contributed by atoms with Crippen molar-refractivity contribution in [2.75, 3.05) is 27.2 Å². The highest BCUT2D eigenvalue weighted by Crippen LogP contribution is 2.51. The number of β-lactam (4-membered cyclic amide) rings is 1. The van der Waals surface area contributed by atoms with Gasteiger partial charge in [-0.1, -0.05) is 6.92 Å². The van der Waals surface area contributed by atoms with Gasteiger partial charge in [0.25, 0.3) is 0 Å². The summed E-state index contributed by atoms with van der Waals surface area (Å²) in [6.45, 7) is 4.07. The number of thioether (sulfide) groups is 1. The van der Waals surface area contributed by atoms with E-state index < -0.39 is 17.9 Å². The summed E-state index contributed by atoms with van der Waals surface area (Å²) in [6.07, 6.45) is 0.593. The van der Waals surface area contributed by atoms with Gasteiger partial charge in [0.2, 0.25) is 17.7 Å². The van der Waals surface area contributed by atoms with Gasteiger partial charge < -0.3 is 31.3 Å². The van der Waals surface area contributed by atoms with Crippen LogP contribution in [0.2, 0.25) is 0 Å². The smallest absolute Gasteiger partial charge is 0.353 e. The van der Waals surface area contributed by atoms with E-state index in [4.69, 9.17) is 5.73 Å². The first-order valence-electron chi connectivity index (χ1n) is 9.99. The number of aliphatic carboxylic acids is 1. The predicted molar refractivity (Wildman–Crippen MR) is 111 cm³/mol. The molecule has 30 heavy (non-hydrogen) atoms. The van der Waals surface area contributed by atoms with Crippen LogP contribution in [0.25, 0.3) is 0 Å². The fraction of sp³-hybridized carbons (Fsp3) is 0.684. The lowest BCUT2D eigenvalue weighted by molar-refractivity contribution is -0.158. The van der Waals surface area contributed by atoms with E-state index in [1.165, 1.54) is 21.6 Å². The zero-order valence-corrected chi connectivity index (χ0v) is 18.4. The zero-order chi connectivity index (χ0) is 22.3. The van der Waals surface area contributed by atoms with Crippen molar-refractivity contribution in [3.8, 4) is 0 Å². The Morgan fingerprint density at radius 2 is 2.07 bits per heavy atom. The lowest BCUT2D eigenvalue weighted by Crippen LogP contribution is -2.66. The Bertz CT molecular complexity index is 800. The van der Waals surface area contributed by atoms with Crippen LogP contribution in [0.1, 0.15) is 20.3 Å². The Morgan fingerprint density at radius 1 is 1.40 bits per heavy atom. The van der Waals surface area contributed by atoms with Gasteiger partial charge in [-0.25, -0.2) is 4.79 Å². The minimum atomic E-state index is -1.14. The van der Waals surface area contributed by atoms with Crippen molar-refractivity contribution in [2.45, 2.75) is 43.6 Å². The fourth-order valence-electron chi connectivity index (χ4n) is 4.57. The van der Waals surface area contributed by atoms with E-state index in [0.717, 1.165) is 0 Å². The molecule has 3 heterocycles. The molecule has 6 atom stereocenters. The summed E-state index contributed by atoms with van der Waals surface area (Å²) >= 11 is 1.44. The number of nitrogens with zero attached hydrogens (tertiary/aromatic N) is 2. The maximum atomic E-state index is 12.8. The molecule has 0 saturated carbocycles. The van der Waals surface area contributed by atoms with E-state index in [-0.39, 0.29) is 53.2 Å². The van der Waals surface area contributed by atoms with Crippen LogP contribution >= 0.6 is 11.8 Å². The molecule has 0 unspecified atom stereocenters. The van der Waals surface area contributed by atoms with Gasteiger partial charge in [-0.2, -0.15) is 0 Å². The fourth-order valence-corrected chi connectivity index (χ4v) is 6.05. The first-order valence-corrected chi connectivity index (χ1v) is 10.9. The molecule has 0 aliphatic carbocycles. The molecule has 3 aliphatic rings. The third-order valence-electron chi connectivity index (χ3n) is 6.03. The average molecular weight is 440 g/mol. The van der Waals surface area contributed by atoms with Gasteiger partial charge in [-0.05, 0) is 13.3 Å². The number of carboxylic acid groups (broad SMARTS) is 1. The predicted octanol–water partition coefficient (Wildman–Crippen LogP) is -1.23. The summed E-state index contributed by atoms with van der Waals surface area (Å²) in [5.41, 5.74) is 5.37. The maximum absolute atomic E-state index is 12.8. The van der Waals surface area contributed by atoms with Crippen LogP contribution in [-0.4, -0.2) is 89.2 Å². The third kappa shape index (κ3) is 3.81. The molecule has 3 amide bonds. The van der Waals surface area contributed by atoms with E-state index in [0.29, 0.717) is 17.9 Å². The number of likely N-dealkylation sites (N-methyl/N-ethyl adjacent to an activating group) is 1. The standard InChI is InChI=1S/C19H29N5O5S/c1-8-14-13(9(2)22-12(25)6-20)18(27)24(14)15(19(28)29)16(8)30-10-5-11(21-7-10)17(26)23(3)4/h8-11,13-14,21H,5-7,20H2,1-4H3,(H,22,25)(H,28,29)/t8-,9-,10+,11+,13-,14-/m1/s1. The molecule has 0 radical (unpaired) electrons. The van der Waals surface area contributed by atoms with E-state index in [9.17, 15) is 24.3 Å². The highest BCUT2D eigenvalue weighted by Gasteiger charge is 2.60. The summed E-state index contributed by atoms with van der Waals surface area (Å²) in [6, 6.07) is -1.04. The summed E-state index contributed by atoms with van der Waals surface area (Å²) in [5.74, 6) is -2.46. The number of nitrogens with one attached hydrogen (secondary N) is 2. The van der Waals surface area contributed by atoms with Crippen LogP contribution in [-0.2, 0) is 19.2 Å². The number of hydrogen-bond acceptors (Lipinski definition) is 7. The van der Waals surface area contributed by atoms with Crippen LogP contribution in [0.4, 0.5) is 0 Å². The first-order chi connectivity index (χ1) is 14.1. The van der Waals surface area contributed by atoms with Crippen molar-refractivity contribution >= 4 is 35.5 Å². The van der Waals surface area contributed by atoms with Gasteiger partial charge >= 0.3 is 5.97 Å². The Labute approximate surface area is 179 Å². The topological polar surface area (TPSA) is 145 Å². The van der Waals surface area contributed by atoms with Gasteiger partial charge in [-0.3, -0.25) is 14.4 Å². The van der Waals surface area contributed by atoms with Crippen molar-refractivity contribution < 1.29 is 24.3 Å². The quantitative estimate of drug-likeness (QED) is 0.361. The number of nitrogens with two attached hydrogens (primary N) is 1. The van der Waals surface area contributed by atoms with Crippen molar-refractivity contribution in [1.82, 2.24) is 20.4 Å². The Balaban J connectivity index is 1.76. The van der Waals surface area contributed by atoms with Gasteiger partial charge in [0.1, 0.15) is 5.70 Å². The minimum Gasteiger partial charge on any atom is -0.477 e. The van der Waals surface area contributed by atoms with E-state index in [1.54, 1.807) is 21.0 Å². The molecule has 3 aliphatic heterocycles. The van der Waals surface area contributed by atoms with Crippen LogP contribution in [0.3, 0.4) is 0 Å². The second kappa shape index (κ2) is 8.56. The Kier molecular flexibility index (Phi) is 6.44. The zero-order valence-electron chi connectivity index (χ0n) is 17.5. The average Bonchev–Trinajstić information content (AvgIpc) is 3.23. The summed E-state index contributed by atoms with van der Waals surface area (Å²) in [4.78, 5) is 52.2. The molecule has 11 heteroatoms. The molecule has 5 N–H and O–H groups in total. The van der Waals surface area contributed by atoms with Crippen LogP contribution < -0.4 is 16.4 Å². The number of rotatable bonds is 7. The molecular formula is C19H29N5O5S. The number of carbonyl (C=O) groups is 4. The highest BCUT2D eigenvalue weighted by atomic mass is 32.2. The second-order valence-corrected chi connectivity index (χ2v) is 9.60. The summed E-state index contributed by atoms with van der Waals surface area (Å²) < 4.78 is 0. The lowest BCUT2D eigenvalue weighted by Gasteiger charge is -2.47. The number of fused-ring (bicyclic) bond motifs is 1. The molecule has 0 bridgehead atoms. The van der Waals surface area contributed by atoms with Crippen molar-refractivity contribution in [3.05, 3.63) is 10.6 Å². The van der Waals surface area contributed by atoms with E-state index in [2.05, 4.69) is 10.6 Å². The number of carbonyl (C=O) groups excluding carboxylic acids is 3. The molecule has 166 valence electrons. The van der Waals surface area contributed by atoms with Gasteiger partial charge in [0.05, 0.1) is 24.5 Å². The molecule has 0 aromatic rings. The normalized spacial score (nSPS) is 31.3. The SMILES string of the molecule is C[C@@H](NC(=O)CN)[C@H]1C(=O)N2C(C(=O)O)=C(S[C@@H]3CN[C@H](C(=O)N(C)C)C3)[C@H](C)[C@H]12. The van der Waals surface area contributed by atoms with Gasteiger partial charge in [0, 0.05) is 42.8 Å². The van der Waals surface area contributed by atoms with Crippen molar-refractivity contribution in [3.63, 3.8) is 0 Å².